The number of alkyl halides is 2. The molecule has 0 bridgehead atoms. The average molecular weight is 467 g/mol. The van der Waals surface area contributed by atoms with E-state index in [0.29, 0.717) is 50.4 Å². The smallest absolute Gasteiger partial charge is 0.306 e. The molecule has 1 aliphatic carbocycles. The summed E-state index contributed by atoms with van der Waals surface area (Å²) in [5.74, 6) is -2.49. The quantitative estimate of drug-likeness (QED) is 0.205. The van der Waals surface area contributed by atoms with E-state index in [1.54, 1.807) is 6.92 Å². The number of hydrogen-bond acceptors (Lipinski definition) is 3. The van der Waals surface area contributed by atoms with Crippen LogP contribution < -0.4 is 0 Å². The topological polar surface area (TPSA) is 43.4 Å². The molecule has 1 aromatic rings. The summed E-state index contributed by atoms with van der Waals surface area (Å²) in [6.07, 6.45) is 9.96. The molecule has 2 atom stereocenters. The molecular formula is C28H44F2O3. The van der Waals surface area contributed by atoms with Gasteiger partial charge in [-0.05, 0) is 43.6 Å². The summed E-state index contributed by atoms with van der Waals surface area (Å²) in [4.78, 5) is 22.4. The average Bonchev–Trinajstić information content (AvgIpc) is 3.23. The first kappa shape index (κ1) is 29.3. The van der Waals surface area contributed by atoms with Gasteiger partial charge in [-0.2, -0.15) is 0 Å². The number of ether oxygens (including phenoxy) is 1. The van der Waals surface area contributed by atoms with Gasteiger partial charge in [0.05, 0.1) is 0 Å². The molecule has 5 heteroatoms. The van der Waals surface area contributed by atoms with E-state index in [2.05, 4.69) is 6.92 Å². The minimum atomic E-state index is -2.53. The van der Waals surface area contributed by atoms with Gasteiger partial charge >= 0.3 is 5.97 Å². The molecule has 0 saturated heterocycles. The molecule has 0 amide bonds. The van der Waals surface area contributed by atoms with Crippen LogP contribution in [0, 0.1) is 11.8 Å². The molecule has 0 aliphatic heterocycles. The Morgan fingerprint density at radius 1 is 1.09 bits per heavy atom. The zero-order valence-electron chi connectivity index (χ0n) is 20.9. The number of Topliss-reactive ketones (excluding diaryl/α,β-unsaturated/α-hetero) is 1. The summed E-state index contributed by atoms with van der Waals surface area (Å²) in [5, 5.41) is 0. The van der Waals surface area contributed by atoms with Crippen molar-refractivity contribution >= 4 is 11.8 Å². The largest absolute Gasteiger partial charge is 0.461 e. The van der Waals surface area contributed by atoms with E-state index in [1.807, 2.05) is 37.3 Å². The number of unbranched alkanes of at least 4 members (excludes halogenated alkanes) is 4. The van der Waals surface area contributed by atoms with Gasteiger partial charge < -0.3 is 4.74 Å². The zero-order chi connectivity index (χ0) is 24.5. The molecule has 1 aliphatic rings. The van der Waals surface area contributed by atoms with Crippen LogP contribution >= 0.6 is 0 Å². The van der Waals surface area contributed by atoms with E-state index in [9.17, 15) is 18.4 Å². The van der Waals surface area contributed by atoms with Gasteiger partial charge in [0.25, 0.3) is 5.92 Å². The minimum absolute atomic E-state index is 0.00820. The van der Waals surface area contributed by atoms with Crippen molar-refractivity contribution in [1.29, 1.82) is 0 Å². The summed E-state index contributed by atoms with van der Waals surface area (Å²) in [6, 6.07) is 9.78. The standard InChI is InChI=1S/C14H24F2O.C14H20O2/c1-3-4-9-14(15,16)11(2)5-6-12-7-8-13(17)10-12;1-2-3-4-8-11-14(15)16-12-13-9-6-5-7-10-13/h11-12H,3-10H2,1-2H3;5-7,9-10H,2-4,8,11-12H2,1H3. The summed E-state index contributed by atoms with van der Waals surface area (Å²) >= 11 is 0. The Kier molecular flexibility index (Phi) is 14.9. The molecule has 0 radical (unpaired) electrons. The normalized spacial score (nSPS) is 16.8. The lowest BCUT2D eigenvalue weighted by Crippen LogP contribution is -2.26. The first-order valence-corrected chi connectivity index (χ1v) is 12.9. The molecule has 0 heterocycles. The van der Waals surface area contributed by atoms with Crippen LogP contribution in [-0.2, 0) is 20.9 Å². The lowest BCUT2D eigenvalue weighted by molar-refractivity contribution is -0.145. The third-order valence-electron chi connectivity index (χ3n) is 6.42. The first-order valence-electron chi connectivity index (χ1n) is 12.9. The SMILES string of the molecule is CCCCC(F)(F)C(C)CCC1CCC(=O)C1.CCCCCCC(=O)OCc1ccccc1. The fourth-order valence-corrected chi connectivity index (χ4v) is 4.00. The highest BCUT2D eigenvalue weighted by molar-refractivity contribution is 5.80. The van der Waals surface area contributed by atoms with Crippen molar-refractivity contribution < 1.29 is 23.1 Å². The van der Waals surface area contributed by atoms with Crippen molar-refractivity contribution in [3.8, 4) is 0 Å². The first-order chi connectivity index (χ1) is 15.8. The number of rotatable bonds is 14. The fraction of sp³-hybridized carbons (Fsp3) is 0.714. The molecule has 1 saturated carbocycles. The third-order valence-corrected chi connectivity index (χ3v) is 6.42. The highest BCUT2D eigenvalue weighted by Gasteiger charge is 2.35. The summed E-state index contributed by atoms with van der Waals surface area (Å²) in [5.41, 5.74) is 1.05. The minimum Gasteiger partial charge on any atom is -0.461 e. The van der Waals surface area contributed by atoms with Crippen LogP contribution in [0.3, 0.4) is 0 Å². The maximum Gasteiger partial charge on any atom is 0.306 e. The predicted molar refractivity (Wildman–Crippen MR) is 130 cm³/mol. The van der Waals surface area contributed by atoms with Crippen LogP contribution in [-0.4, -0.2) is 17.7 Å². The molecule has 0 spiro atoms. The van der Waals surface area contributed by atoms with E-state index in [1.165, 1.54) is 12.8 Å². The predicted octanol–water partition coefficient (Wildman–Crippen LogP) is 8.30. The van der Waals surface area contributed by atoms with Crippen molar-refractivity contribution in [3.63, 3.8) is 0 Å². The Labute approximate surface area is 199 Å². The second-order valence-electron chi connectivity index (χ2n) is 9.45. The Hall–Kier alpha value is -1.78. The summed E-state index contributed by atoms with van der Waals surface area (Å²) in [7, 11) is 0. The maximum atomic E-state index is 13.7. The number of carbonyl (C=O) groups is 2. The molecule has 33 heavy (non-hydrogen) atoms. The van der Waals surface area contributed by atoms with E-state index >= 15 is 0 Å². The maximum absolute atomic E-state index is 13.7. The monoisotopic (exact) mass is 466 g/mol. The van der Waals surface area contributed by atoms with Gasteiger partial charge in [-0.15, -0.1) is 0 Å². The summed E-state index contributed by atoms with van der Waals surface area (Å²) < 4.78 is 32.5. The van der Waals surface area contributed by atoms with E-state index in [0.717, 1.165) is 37.7 Å². The lowest BCUT2D eigenvalue weighted by atomic mass is 9.90. The van der Waals surface area contributed by atoms with Gasteiger partial charge in [0.1, 0.15) is 12.4 Å². The van der Waals surface area contributed by atoms with Gasteiger partial charge in [0.15, 0.2) is 0 Å². The van der Waals surface area contributed by atoms with Gasteiger partial charge in [0.2, 0.25) is 0 Å². The van der Waals surface area contributed by atoms with E-state index in [4.69, 9.17) is 4.74 Å². The molecule has 0 aromatic heterocycles. The Morgan fingerprint density at radius 2 is 1.79 bits per heavy atom. The van der Waals surface area contributed by atoms with E-state index in [-0.39, 0.29) is 12.4 Å². The molecule has 2 rings (SSSR count). The van der Waals surface area contributed by atoms with Gasteiger partial charge in [-0.1, -0.05) is 76.8 Å². The third kappa shape index (κ3) is 13.5. The fourth-order valence-electron chi connectivity index (χ4n) is 4.00. The number of ketones is 1. The lowest BCUT2D eigenvalue weighted by Gasteiger charge is -2.24. The van der Waals surface area contributed by atoms with Crippen LogP contribution in [0.4, 0.5) is 8.78 Å². The van der Waals surface area contributed by atoms with Crippen LogP contribution in [0.1, 0.15) is 110 Å². The number of benzene rings is 1. The zero-order valence-corrected chi connectivity index (χ0v) is 20.9. The van der Waals surface area contributed by atoms with Crippen LogP contribution in [0.25, 0.3) is 0 Å². The van der Waals surface area contributed by atoms with Gasteiger partial charge in [0, 0.05) is 31.6 Å². The Balaban J connectivity index is 0.000000331. The van der Waals surface area contributed by atoms with Crippen molar-refractivity contribution in [2.45, 2.75) is 117 Å². The van der Waals surface area contributed by atoms with Gasteiger partial charge in [-0.3, -0.25) is 9.59 Å². The highest BCUT2D eigenvalue weighted by Crippen LogP contribution is 2.36. The van der Waals surface area contributed by atoms with Crippen LogP contribution in [0.5, 0.6) is 0 Å². The molecule has 188 valence electrons. The second-order valence-corrected chi connectivity index (χ2v) is 9.45. The number of esters is 1. The summed E-state index contributed by atoms with van der Waals surface area (Å²) in [6.45, 7) is 6.14. The van der Waals surface area contributed by atoms with Crippen molar-refractivity contribution in [3.05, 3.63) is 35.9 Å². The molecular weight excluding hydrogens is 422 g/mol. The molecule has 1 fully saturated rings. The molecule has 3 nitrogen and oxygen atoms in total. The number of carbonyl (C=O) groups excluding carboxylic acids is 2. The van der Waals surface area contributed by atoms with Crippen molar-refractivity contribution in [2.24, 2.45) is 11.8 Å². The second kappa shape index (κ2) is 16.8. The van der Waals surface area contributed by atoms with Crippen molar-refractivity contribution in [2.75, 3.05) is 0 Å². The van der Waals surface area contributed by atoms with E-state index < -0.39 is 11.8 Å². The Bertz CT molecular complexity index is 660. The van der Waals surface area contributed by atoms with Crippen molar-refractivity contribution in [1.82, 2.24) is 0 Å². The molecule has 0 N–H and O–H groups in total. The van der Waals surface area contributed by atoms with Gasteiger partial charge in [-0.25, -0.2) is 8.78 Å². The van der Waals surface area contributed by atoms with Crippen LogP contribution in [0.15, 0.2) is 30.3 Å². The molecule has 2 unspecified atom stereocenters. The number of halogens is 2. The van der Waals surface area contributed by atoms with Crippen LogP contribution in [0.2, 0.25) is 0 Å². The Morgan fingerprint density at radius 3 is 2.39 bits per heavy atom. The highest BCUT2D eigenvalue weighted by atomic mass is 19.3. The number of hydrogen-bond donors (Lipinski definition) is 0. The molecule has 1 aromatic carbocycles.